The maximum Gasteiger partial charge on any atom is 0.242 e. The first-order chi connectivity index (χ1) is 17.4. The van der Waals surface area contributed by atoms with Gasteiger partial charge in [-0.1, -0.05) is 19.1 Å². The number of nitrogens with zero attached hydrogens (tertiary/aromatic N) is 2. The summed E-state index contributed by atoms with van der Waals surface area (Å²) in [6.45, 7) is 5.46. The van der Waals surface area contributed by atoms with Gasteiger partial charge in [-0.05, 0) is 56.5 Å². The second-order valence-electron chi connectivity index (χ2n) is 8.90. The molecule has 2 rings (SSSR count). The molecule has 11 heteroatoms. The first kappa shape index (κ1) is 30.0. The minimum absolute atomic E-state index is 0.0385. The summed E-state index contributed by atoms with van der Waals surface area (Å²) in [5.74, 6) is -2.31. The van der Waals surface area contributed by atoms with Gasteiger partial charge in [0.15, 0.2) is 11.6 Å². The van der Waals surface area contributed by atoms with E-state index in [9.17, 15) is 26.8 Å². The average molecular weight is 540 g/mol. The van der Waals surface area contributed by atoms with Crippen LogP contribution in [-0.2, 0) is 26.2 Å². The zero-order valence-corrected chi connectivity index (χ0v) is 22.6. The van der Waals surface area contributed by atoms with Crippen LogP contribution < -0.4 is 14.4 Å². The topological polar surface area (TPSA) is 96.0 Å². The summed E-state index contributed by atoms with van der Waals surface area (Å²) in [7, 11) is -2.29. The fourth-order valence-corrected chi connectivity index (χ4v) is 4.62. The van der Waals surface area contributed by atoms with Crippen LogP contribution in [-0.4, -0.2) is 57.1 Å². The molecule has 2 aromatic carbocycles. The zero-order valence-electron chi connectivity index (χ0n) is 21.8. The second-order valence-corrected chi connectivity index (χ2v) is 10.8. The number of benzene rings is 2. The molecular formula is C26H35F2N3O5S. The largest absolute Gasteiger partial charge is 0.497 e. The number of hydrogen-bond acceptors (Lipinski definition) is 5. The Bertz CT molecular complexity index is 1190. The monoisotopic (exact) mass is 539 g/mol. The summed E-state index contributed by atoms with van der Waals surface area (Å²) in [4.78, 5) is 27.6. The van der Waals surface area contributed by atoms with Crippen molar-refractivity contribution in [1.29, 1.82) is 0 Å². The van der Waals surface area contributed by atoms with Crippen LogP contribution in [0.3, 0.4) is 0 Å². The van der Waals surface area contributed by atoms with E-state index in [2.05, 4.69) is 5.32 Å². The Morgan fingerprint density at radius 1 is 1.08 bits per heavy atom. The third-order valence-corrected chi connectivity index (χ3v) is 7.19. The van der Waals surface area contributed by atoms with E-state index in [1.807, 2.05) is 19.9 Å². The van der Waals surface area contributed by atoms with Gasteiger partial charge in [0.25, 0.3) is 0 Å². The molecule has 0 heterocycles. The smallest absolute Gasteiger partial charge is 0.242 e. The number of methoxy groups -OCH3 is 1. The predicted octanol–water partition coefficient (Wildman–Crippen LogP) is 3.85. The Hall–Kier alpha value is -3.21. The fraction of sp³-hybridized carbons (Fsp3) is 0.462. The molecule has 2 aromatic rings. The highest BCUT2D eigenvalue weighted by molar-refractivity contribution is 7.92. The molecule has 8 nitrogen and oxygen atoms in total. The van der Waals surface area contributed by atoms with Gasteiger partial charge in [0.1, 0.15) is 11.8 Å². The van der Waals surface area contributed by atoms with Crippen molar-refractivity contribution in [2.45, 2.75) is 58.7 Å². The lowest BCUT2D eigenvalue weighted by Crippen LogP contribution is -2.49. The number of halogens is 2. The van der Waals surface area contributed by atoms with Crippen LogP contribution in [0.15, 0.2) is 42.5 Å². The summed E-state index contributed by atoms with van der Waals surface area (Å²) in [6.07, 6.45) is 1.71. The Kier molecular flexibility index (Phi) is 10.8. The summed E-state index contributed by atoms with van der Waals surface area (Å²) in [5, 5.41) is 2.89. The van der Waals surface area contributed by atoms with Crippen LogP contribution in [0, 0.1) is 11.6 Å². The molecule has 0 aliphatic carbocycles. The molecule has 2 atom stereocenters. The highest BCUT2D eigenvalue weighted by Crippen LogP contribution is 2.22. The summed E-state index contributed by atoms with van der Waals surface area (Å²) in [5.41, 5.74) is 0.721. The van der Waals surface area contributed by atoms with Crippen molar-refractivity contribution in [1.82, 2.24) is 10.2 Å². The molecule has 37 heavy (non-hydrogen) atoms. The lowest BCUT2D eigenvalue weighted by atomic mass is 10.1. The number of carbonyl (C=O) groups excluding carboxylic acids is 2. The van der Waals surface area contributed by atoms with Gasteiger partial charge in [-0.15, -0.1) is 0 Å². The number of anilines is 1. The van der Waals surface area contributed by atoms with E-state index in [4.69, 9.17) is 4.74 Å². The van der Waals surface area contributed by atoms with Crippen LogP contribution in [0.5, 0.6) is 5.75 Å². The van der Waals surface area contributed by atoms with Crippen molar-refractivity contribution in [3.63, 3.8) is 0 Å². The Morgan fingerprint density at radius 2 is 1.78 bits per heavy atom. The number of sulfonamides is 1. The highest BCUT2D eigenvalue weighted by Gasteiger charge is 2.27. The fourth-order valence-electron chi connectivity index (χ4n) is 3.66. The first-order valence-corrected chi connectivity index (χ1v) is 13.9. The first-order valence-electron chi connectivity index (χ1n) is 12.0. The van der Waals surface area contributed by atoms with Crippen molar-refractivity contribution in [2.75, 3.05) is 24.2 Å². The van der Waals surface area contributed by atoms with E-state index in [1.165, 1.54) is 12.0 Å². The quantitative estimate of drug-likeness (QED) is 0.417. The van der Waals surface area contributed by atoms with E-state index in [1.54, 1.807) is 25.1 Å². The highest BCUT2D eigenvalue weighted by atomic mass is 32.2. The number of ether oxygens (including phenoxy) is 1. The molecule has 0 spiro atoms. The molecule has 0 saturated heterocycles. The van der Waals surface area contributed by atoms with E-state index in [-0.39, 0.29) is 49.5 Å². The Labute approximate surface area is 217 Å². The average Bonchev–Trinajstić information content (AvgIpc) is 2.85. The minimum Gasteiger partial charge on any atom is -0.497 e. The molecule has 1 N–H and O–H groups in total. The molecule has 0 saturated carbocycles. The van der Waals surface area contributed by atoms with Crippen molar-refractivity contribution in [3.8, 4) is 5.75 Å². The van der Waals surface area contributed by atoms with Crippen molar-refractivity contribution >= 4 is 27.5 Å². The molecular weight excluding hydrogens is 504 g/mol. The van der Waals surface area contributed by atoms with Gasteiger partial charge in [0, 0.05) is 31.6 Å². The molecule has 204 valence electrons. The second kappa shape index (κ2) is 13.4. The summed E-state index contributed by atoms with van der Waals surface area (Å²) >= 11 is 0. The normalized spacial score (nSPS) is 12.9. The Balaban J connectivity index is 2.21. The predicted molar refractivity (Wildman–Crippen MR) is 139 cm³/mol. The maximum absolute atomic E-state index is 13.7. The number of amides is 2. The van der Waals surface area contributed by atoms with Crippen molar-refractivity contribution in [3.05, 3.63) is 59.7 Å². The molecule has 0 bridgehead atoms. The van der Waals surface area contributed by atoms with Gasteiger partial charge >= 0.3 is 0 Å². The van der Waals surface area contributed by atoms with Crippen LogP contribution in [0.4, 0.5) is 14.5 Å². The van der Waals surface area contributed by atoms with Crippen molar-refractivity contribution in [2.24, 2.45) is 0 Å². The van der Waals surface area contributed by atoms with E-state index >= 15 is 0 Å². The van der Waals surface area contributed by atoms with Gasteiger partial charge in [0.05, 0.1) is 19.1 Å². The van der Waals surface area contributed by atoms with Gasteiger partial charge in [-0.3, -0.25) is 13.9 Å². The molecule has 0 radical (unpaired) electrons. The molecule has 0 fully saturated rings. The maximum atomic E-state index is 13.7. The van der Waals surface area contributed by atoms with Gasteiger partial charge < -0.3 is 15.0 Å². The third kappa shape index (κ3) is 8.70. The Morgan fingerprint density at radius 3 is 2.38 bits per heavy atom. The molecule has 0 aliphatic rings. The molecule has 0 unspecified atom stereocenters. The van der Waals surface area contributed by atoms with Gasteiger partial charge in [-0.2, -0.15) is 0 Å². The lowest BCUT2D eigenvalue weighted by molar-refractivity contribution is -0.140. The number of hydrogen-bond donors (Lipinski definition) is 1. The minimum atomic E-state index is -3.83. The van der Waals surface area contributed by atoms with Crippen LogP contribution in [0.1, 0.15) is 45.6 Å². The van der Waals surface area contributed by atoms with Crippen LogP contribution in [0.2, 0.25) is 0 Å². The summed E-state index contributed by atoms with van der Waals surface area (Å²) < 4.78 is 57.9. The van der Waals surface area contributed by atoms with E-state index in [0.717, 1.165) is 40.7 Å². The lowest BCUT2D eigenvalue weighted by Gasteiger charge is -2.30. The summed E-state index contributed by atoms with van der Waals surface area (Å²) in [6, 6.07) is 9.10. The van der Waals surface area contributed by atoms with E-state index in [0.29, 0.717) is 5.75 Å². The van der Waals surface area contributed by atoms with Crippen LogP contribution in [0.25, 0.3) is 0 Å². The van der Waals surface area contributed by atoms with Gasteiger partial charge in [0.2, 0.25) is 21.8 Å². The van der Waals surface area contributed by atoms with E-state index < -0.39 is 27.7 Å². The standard InChI is InChI=1S/C26H35F2N3O5S/c1-6-18(2)29-26(33)19(3)30(17-20-9-7-10-22(15-20)36-4)25(32)11-8-14-31(37(5,34)35)21-12-13-23(27)24(28)16-21/h7,9-10,12-13,15-16,18-19H,6,8,11,14,17H2,1-5H3,(H,29,33)/t18-,19-/m0/s1. The third-order valence-electron chi connectivity index (χ3n) is 6.00. The molecule has 0 aliphatic heterocycles. The molecule has 0 aromatic heterocycles. The molecule has 2 amide bonds. The SMILES string of the molecule is CC[C@H](C)NC(=O)[C@H](C)N(Cc1cccc(OC)c1)C(=O)CCCN(c1ccc(F)c(F)c1)S(C)(=O)=O. The van der Waals surface area contributed by atoms with Crippen molar-refractivity contribution < 1.29 is 31.5 Å². The van der Waals surface area contributed by atoms with Crippen LogP contribution >= 0.6 is 0 Å². The number of nitrogens with one attached hydrogen (secondary N) is 1. The number of carbonyl (C=O) groups is 2. The number of rotatable bonds is 13. The van der Waals surface area contributed by atoms with Gasteiger partial charge in [-0.25, -0.2) is 17.2 Å². The zero-order chi connectivity index (χ0) is 27.8.